The minimum absolute atomic E-state index is 0.0528. The molecule has 1 fully saturated rings. The fourth-order valence-electron chi connectivity index (χ4n) is 5.68. The van der Waals surface area contributed by atoms with Crippen molar-refractivity contribution in [1.82, 2.24) is 14.5 Å². The summed E-state index contributed by atoms with van der Waals surface area (Å²) in [7, 11) is -4.06. The third-order valence-electron chi connectivity index (χ3n) is 7.93. The molecular weight excluding hydrogens is 618 g/mol. The Kier molecular flexibility index (Phi) is 9.43. The van der Waals surface area contributed by atoms with E-state index in [0.717, 1.165) is 52.0 Å². The van der Waals surface area contributed by atoms with Gasteiger partial charge in [-0.05, 0) is 48.2 Å². The Bertz CT molecular complexity index is 1540. The topological polar surface area (TPSA) is 104 Å². The second kappa shape index (κ2) is 13.2. The maximum atomic E-state index is 14.0. The van der Waals surface area contributed by atoms with Crippen LogP contribution in [0.25, 0.3) is 0 Å². The molecule has 3 aromatic rings. The van der Waals surface area contributed by atoms with Gasteiger partial charge in [0.2, 0.25) is 11.8 Å². The van der Waals surface area contributed by atoms with Gasteiger partial charge in [-0.3, -0.25) is 14.4 Å². The lowest BCUT2D eigenvalue weighted by Gasteiger charge is -2.34. The molecule has 1 saturated carbocycles. The monoisotopic (exact) mass is 651 g/mol. The maximum Gasteiger partial charge on any atom is 0.269 e. The fourth-order valence-corrected chi connectivity index (χ4v) is 7.51. The van der Waals surface area contributed by atoms with Crippen LogP contribution in [0.2, 0.25) is 0 Å². The largest absolute Gasteiger partial charge is 0.352 e. The van der Waals surface area contributed by atoms with Crippen LogP contribution in [0, 0.1) is 0 Å². The Morgan fingerprint density at radius 1 is 0.905 bits per heavy atom. The van der Waals surface area contributed by atoms with Crippen molar-refractivity contribution in [3.8, 4) is 0 Å². The van der Waals surface area contributed by atoms with E-state index in [9.17, 15) is 22.8 Å². The van der Waals surface area contributed by atoms with Gasteiger partial charge < -0.3 is 10.2 Å². The Labute approximate surface area is 255 Å². The number of nitrogens with one attached hydrogen (secondary N) is 1. The lowest BCUT2D eigenvalue weighted by atomic mass is 9.94. The summed E-state index contributed by atoms with van der Waals surface area (Å²) in [4.78, 5) is 42.4. The summed E-state index contributed by atoms with van der Waals surface area (Å²) in [6.07, 6.45) is 5.11. The van der Waals surface area contributed by atoms with Gasteiger partial charge in [0.15, 0.2) is 0 Å². The molecule has 0 radical (unpaired) electrons. The molecule has 220 valence electrons. The molecule has 0 bridgehead atoms. The Morgan fingerprint density at radius 2 is 1.57 bits per heavy atom. The van der Waals surface area contributed by atoms with E-state index < -0.39 is 27.9 Å². The van der Waals surface area contributed by atoms with Gasteiger partial charge in [0.1, 0.15) is 10.9 Å². The van der Waals surface area contributed by atoms with E-state index in [1.165, 1.54) is 17.0 Å². The molecule has 0 unspecified atom stereocenters. The summed E-state index contributed by atoms with van der Waals surface area (Å²) >= 11 is 3.44. The van der Waals surface area contributed by atoms with Crippen LogP contribution in [-0.2, 0) is 32.6 Å². The first-order chi connectivity index (χ1) is 20.2. The third-order valence-corrected chi connectivity index (χ3v) is 10.3. The number of carbonyl (C=O) groups excluding carboxylic acids is 3. The molecule has 1 aliphatic heterocycles. The predicted octanol–water partition coefficient (Wildman–Crippen LogP) is 5.07. The van der Waals surface area contributed by atoms with Crippen molar-refractivity contribution in [2.24, 2.45) is 0 Å². The van der Waals surface area contributed by atoms with Crippen molar-refractivity contribution in [1.29, 1.82) is 0 Å². The molecule has 3 amide bonds. The van der Waals surface area contributed by atoms with Crippen LogP contribution >= 0.6 is 15.9 Å². The highest BCUT2D eigenvalue weighted by Crippen LogP contribution is 2.30. The van der Waals surface area contributed by atoms with E-state index in [4.69, 9.17) is 0 Å². The van der Waals surface area contributed by atoms with E-state index in [1.54, 1.807) is 12.1 Å². The second-order valence-electron chi connectivity index (χ2n) is 10.8. The van der Waals surface area contributed by atoms with Crippen molar-refractivity contribution < 1.29 is 22.8 Å². The molecule has 1 heterocycles. The molecule has 0 aromatic heterocycles. The molecule has 1 atom stereocenters. The van der Waals surface area contributed by atoms with Crippen LogP contribution in [0.1, 0.15) is 60.0 Å². The molecule has 5 rings (SSSR count). The number of hydrogen-bond donors (Lipinski definition) is 1. The summed E-state index contributed by atoms with van der Waals surface area (Å²) < 4.78 is 27.9. The molecule has 3 aromatic carbocycles. The number of amides is 3. The highest BCUT2D eigenvalue weighted by molar-refractivity contribution is 9.10. The predicted molar refractivity (Wildman–Crippen MR) is 163 cm³/mol. The summed E-state index contributed by atoms with van der Waals surface area (Å²) in [5.41, 5.74) is 1.83. The first-order valence-corrected chi connectivity index (χ1v) is 16.5. The standard InChI is InChI=1S/C32H34BrN3O5S/c33-25-17-15-24(16-18-25)22-35(30(37)19-20-36-32(39)27-13-7-8-14-29(27)42(36,40)41)28(21-23-9-3-1-4-10-23)31(38)34-26-11-5-2-6-12-26/h1,3-4,7-10,13-18,26,28H,2,5-6,11-12,19-22H2,(H,34,38)/t28-/m0/s1. The summed E-state index contributed by atoms with van der Waals surface area (Å²) in [6, 6.07) is 22.3. The Balaban J connectivity index is 1.42. The van der Waals surface area contributed by atoms with E-state index in [-0.39, 0.29) is 41.9 Å². The second-order valence-corrected chi connectivity index (χ2v) is 13.6. The van der Waals surface area contributed by atoms with Gasteiger partial charge in [0.05, 0.1) is 5.56 Å². The maximum absolute atomic E-state index is 14.0. The number of carbonyl (C=O) groups is 3. The highest BCUT2D eigenvalue weighted by atomic mass is 79.9. The molecule has 1 N–H and O–H groups in total. The van der Waals surface area contributed by atoms with E-state index in [1.807, 2.05) is 54.6 Å². The fraction of sp³-hybridized carbons (Fsp3) is 0.344. The van der Waals surface area contributed by atoms with Gasteiger partial charge in [0, 0.05) is 36.4 Å². The molecule has 0 saturated heterocycles. The Hall–Kier alpha value is -3.50. The van der Waals surface area contributed by atoms with Crippen molar-refractivity contribution in [3.05, 3.63) is 100 Å². The minimum atomic E-state index is -4.06. The van der Waals surface area contributed by atoms with Gasteiger partial charge in [-0.1, -0.05) is 89.8 Å². The van der Waals surface area contributed by atoms with Crippen LogP contribution in [0.4, 0.5) is 0 Å². The normalized spacial score (nSPS) is 17.0. The zero-order valence-electron chi connectivity index (χ0n) is 23.2. The van der Waals surface area contributed by atoms with Crippen molar-refractivity contribution in [2.45, 2.75) is 68.5 Å². The number of halogens is 1. The molecule has 8 nitrogen and oxygen atoms in total. The Morgan fingerprint density at radius 3 is 2.26 bits per heavy atom. The molecular formula is C32H34BrN3O5S. The van der Waals surface area contributed by atoms with E-state index in [2.05, 4.69) is 21.2 Å². The summed E-state index contributed by atoms with van der Waals surface area (Å²) in [6.45, 7) is -0.156. The highest BCUT2D eigenvalue weighted by Gasteiger charge is 2.41. The van der Waals surface area contributed by atoms with Gasteiger partial charge in [-0.2, -0.15) is 0 Å². The average molecular weight is 653 g/mol. The van der Waals surface area contributed by atoms with Crippen LogP contribution in [0.3, 0.4) is 0 Å². The van der Waals surface area contributed by atoms with Crippen molar-refractivity contribution in [3.63, 3.8) is 0 Å². The van der Waals surface area contributed by atoms with Gasteiger partial charge in [-0.25, -0.2) is 12.7 Å². The molecule has 0 spiro atoms. The first kappa shape index (κ1) is 30.0. The van der Waals surface area contributed by atoms with Crippen molar-refractivity contribution >= 4 is 43.7 Å². The summed E-state index contributed by atoms with van der Waals surface area (Å²) in [5.74, 6) is -1.28. The molecule has 10 heteroatoms. The van der Waals surface area contributed by atoms with Crippen LogP contribution < -0.4 is 5.32 Å². The van der Waals surface area contributed by atoms with Gasteiger partial charge >= 0.3 is 0 Å². The van der Waals surface area contributed by atoms with Gasteiger partial charge in [0.25, 0.3) is 15.9 Å². The zero-order valence-corrected chi connectivity index (χ0v) is 25.6. The number of fused-ring (bicyclic) bond motifs is 1. The van der Waals surface area contributed by atoms with Crippen LogP contribution in [0.15, 0.2) is 88.2 Å². The SMILES string of the molecule is O=C(NC1CCCCC1)[C@H](Cc1ccccc1)N(Cc1ccc(Br)cc1)C(=O)CCN1C(=O)c2ccccc2S1(=O)=O. The number of rotatable bonds is 10. The lowest BCUT2D eigenvalue weighted by molar-refractivity contribution is -0.141. The number of nitrogens with zero attached hydrogens (tertiary/aromatic N) is 2. The molecule has 1 aliphatic carbocycles. The molecule has 2 aliphatic rings. The number of sulfonamides is 1. The molecule has 42 heavy (non-hydrogen) atoms. The lowest BCUT2D eigenvalue weighted by Crippen LogP contribution is -2.53. The van der Waals surface area contributed by atoms with Crippen LogP contribution in [0.5, 0.6) is 0 Å². The third kappa shape index (κ3) is 6.76. The van der Waals surface area contributed by atoms with E-state index in [0.29, 0.717) is 6.42 Å². The zero-order chi connectivity index (χ0) is 29.7. The number of benzene rings is 3. The van der Waals surface area contributed by atoms with Crippen molar-refractivity contribution in [2.75, 3.05) is 6.54 Å². The first-order valence-electron chi connectivity index (χ1n) is 14.3. The smallest absolute Gasteiger partial charge is 0.269 e. The van der Waals surface area contributed by atoms with Gasteiger partial charge in [-0.15, -0.1) is 0 Å². The van der Waals surface area contributed by atoms with E-state index >= 15 is 0 Å². The number of hydrogen-bond acceptors (Lipinski definition) is 5. The summed E-state index contributed by atoms with van der Waals surface area (Å²) in [5, 5.41) is 3.20. The van der Waals surface area contributed by atoms with Crippen LogP contribution in [-0.4, -0.2) is 54.0 Å². The average Bonchev–Trinajstić information content (AvgIpc) is 3.19. The minimum Gasteiger partial charge on any atom is -0.352 e. The quantitative estimate of drug-likeness (QED) is 0.330.